The first-order chi connectivity index (χ1) is 7.66. The summed E-state index contributed by atoms with van der Waals surface area (Å²) in [5.41, 5.74) is 7.34. The van der Waals surface area contributed by atoms with E-state index in [-0.39, 0.29) is 5.91 Å². The van der Waals surface area contributed by atoms with E-state index in [1.165, 1.54) is 6.92 Å². The lowest BCUT2D eigenvalue weighted by molar-refractivity contribution is -0.114. The number of rotatable bonds is 2. The highest BCUT2D eigenvalue weighted by Gasteiger charge is 2.01. The van der Waals surface area contributed by atoms with Gasteiger partial charge in [0.2, 0.25) is 11.9 Å². The Morgan fingerprint density at radius 1 is 1.38 bits per heavy atom. The number of nitrogens with two attached hydrogens (primary N) is 1. The maximum Gasteiger partial charge on any atom is 0.221 e. The van der Waals surface area contributed by atoms with Gasteiger partial charge in [-0.15, -0.1) is 0 Å². The van der Waals surface area contributed by atoms with Crippen molar-refractivity contribution >= 4 is 17.5 Å². The van der Waals surface area contributed by atoms with Gasteiger partial charge in [0.25, 0.3) is 0 Å². The van der Waals surface area contributed by atoms with Crippen molar-refractivity contribution in [3.05, 3.63) is 36.7 Å². The summed E-state index contributed by atoms with van der Waals surface area (Å²) in [5.74, 6) is 0.349. The fourth-order valence-corrected chi connectivity index (χ4v) is 1.44. The average Bonchev–Trinajstić information content (AvgIpc) is 2.65. The van der Waals surface area contributed by atoms with Gasteiger partial charge >= 0.3 is 0 Å². The summed E-state index contributed by atoms with van der Waals surface area (Å²) in [6.07, 6.45) is 3.42. The normalized spacial score (nSPS) is 10.1. The highest BCUT2D eigenvalue weighted by atomic mass is 16.1. The van der Waals surface area contributed by atoms with Gasteiger partial charge in [0, 0.05) is 30.7 Å². The number of hydrogen-bond acceptors (Lipinski definition) is 3. The molecule has 0 atom stereocenters. The molecular weight excluding hydrogens is 204 g/mol. The van der Waals surface area contributed by atoms with Gasteiger partial charge in [0.1, 0.15) is 0 Å². The number of amides is 1. The van der Waals surface area contributed by atoms with Crippen LogP contribution in [0, 0.1) is 0 Å². The van der Waals surface area contributed by atoms with Crippen LogP contribution in [0.3, 0.4) is 0 Å². The van der Waals surface area contributed by atoms with Crippen LogP contribution < -0.4 is 11.1 Å². The highest BCUT2D eigenvalue weighted by Crippen LogP contribution is 2.15. The quantitative estimate of drug-likeness (QED) is 0.797. The van der Waals surface area contributed by atoms with Crippen molar-refractivity contribution in [3.63, 3.8) is 0 Å². The molecule has 82 valence electrons. The van der Waals surface area contributed by atoms with E-state index in [9.17, 15) is 4.79 Å². The third-order valence-electron chi connectivity index (χ3n) is 2.14. The predicted molar refractivity (Wildman–Crippen MR) is 62.3 cm³/mol. The Bertz CT molecular complexity index is 501. The number of imidazole rings is 1. The van der Waals surface area contributed by atoms with Gasteiger partial charge in [-0.25, -0.2) is 4.98 Å². The summed E-state index contributed by atoms with van der Waals surface area (Å²) < 4.78 is 1.76. The molecule has 0 saturated carbocycles. The van der Waals surface area contributed by atoms with Crippen LogP contribution in [0.2, 0.25) is 0 Å². The minimum absolute atomic E-state index is 0.0881. The molecule has 3 N–H and O–H groups in total. The van der Waals surface area contributed by atoms with Crippen LogP contribution >= 0.6 is 0 Å². The van der Waals surface area contributed by atoms with E-state index < -0.39 is 0 Å². The molecule has 0 aliphatic rings. The number of benzene rings is 1. The van der Waals surface area contributed by atoms with Crippen LogP contribution in [0.25, 0.3) is 5.69 Å². The Morgan fingerprint density at radius 3 is 2.56 bits per heavy atom. The Morgan fingerprint density at radius 2 is 2.06 bits per heavy atom. The molecule has 1 amide bonds. The fraction of sp³-hybridized carbons (Fsp3) is 0.0909. The molecule has 5 heteroatoms. The molecule has 0 bridgehead atoms. The van der Waals surface area contributed by atoms with E-state index in [0.717, 1.165) is 11.4 Å². The molecular formula is C11H12N4O. The van der Waals surface area contributed by atoms with Crippen molar-refractivity contribution in [2.24, 2.45) is 0 Å². The second-order valence-electron chi connectivity index (χ2n) is 3.38. The van der Waals surface area contributed by atoms with Crippen molar-refractivity contribution in [1.82, 2.24) is 9.55 Å². The van der Waals surface area contributed by atoms with E-state index >= 15 is 0 Å². The summed E-state index contributed by atoms with van der Waals surface area (Å²) in [4.78, 5) is 14.8. The lowest BCUT2D eigenvalue weighted by Crippen LogP contribution is -2.06. The van der Waals surface area contributed by atoms with Crippen LogP contribution in [-0.4, -0.2) is 15.5 Å². The second kappa shape index (κ2) is 4.06. The maximum atomic E-state index is 10.8. The summed E-state index contributed by atoms with van der Waals surface area (Å²) >= 11 is 0. The van der Waals surface area contributed by atoms with Crippen LogP contribution in [0.1, 0.15) is 6.92 Å². The number of nitrogen functional groups attached to an aromatic ring is 1. The third-order valence-corrected chi connectivity index (χ3v) is 2.14. The minimum Gasteiger partial charge on any atom is -0.369 e. The molecule has 16 heavy (non-hydrogen) atoms. The Kier molecular flexibility index (Phi) is 2.59. The summed E-state index contributed by atoms with van der Waals surface area (Å²) in [5, 5.41) is 2.70. The number of aromatic nitrogens is 2. The Hall–Kier alpha value is -2.30. The molecule has 0 radical (unpaired) electrons. The number of carbonyl (C=O) groups is 1. The summed E-state index contributed by atoms with van der Waals surface area (Å²) in [6.45, 7) is 1.47. The zero-order valence-electron chi connectivity index (χ0n) is 8.84. The third kappa shape index (κ3) is 2.03. The molecule has 0 saturated heterocycles. The van der Waals surface area contributed by atoms with Crippen LogP contribution in [0.5, 0.6) is 0 Å². The van der Waals surface area contributed by atoms with Gasteiger partial charge in [0.15, 0.2) is 0 Å². The molecule has 1 heterocycles. The SMILES string of the molecule is CC(=O)Nc1ccc(-n2ccnc2N)cc1. The average molecular weight is 216 g/mol. The van der Waals surface area contributed by atoms with E-state index in [2.05, 4.69) is 10.3 Å². The number of nitrogens with one attached hydrogen (secondary N) is 1. The number of carbonyl (C=O) groups excluding carboxylic acids is 1. The largest absolute Gasteiger partial charge is 0.369 e. The molecule has 0 unspecified atom stereocenters. The van der Waals surface area contributed by atoms with Gasteiger partial charge in [-0.3, -0.25) is 9.36 Å². The van der Waals surface area contributed by atoms with E-state index in [1.54, 1.807) is 17.0 Å². The zero-order chi connectivity index (χ0) is 11.5. The van der Waals surface area contributed by atoms with Crippen molar-refractivity contribution in [3.8, 4) is 5.69 Å². The van der Waals surface area contributed by atoms with Crippen molar-refractivity contribution in [1.29, 1.82) is 0 Å². The zero-order valence-corrected chi connectivity index (χ0v) is 8.84. The molecule has 0 aliphatic carbocycles. The van der Waals surface area contributed by atoms with Gasteiger partial charge in [0.05, 0.1) is 0 Å². The first-order valence-corrected chi connectivity index (χ1v) is 4.83. The molecule has 2 rings (SSSR count). The molecule has 2 aromatic rings. The second-order valence-corrected chi connectivity index (χ2v) is 3.38. The van der Waals surface area contributed by atoms with Gasteiger partial charge in [-0.2, -0.15) is 0 Å². The van der Waals surface area contributed by atoms with Crippen molar-refractivity contribution in [2.45, 2.75) is 6.92 Å². The monoisotopic (exact) mass is 216 g/mol. The van der Waals surface area contributed by atoms with Crippen molar-refractivity contribution in [2.75, 3.05) is 11.1 Å². The smallest absolute Gasteiger partial charge is 0.221 e. The van der Waals surface area contributed by atoms with Crippen LogP contribution in [0.15, 0.2) is 36.7 Å². The van der Waals surface area contributed by atoms with Crippen LogP contribution in [0.4, 0.5) is 11.6 Å². The molecule has 5 nitrogen and oxygen atoms in total. The van der Waals surface area contributed by atoms with Gasteiger partial charge in [-0.1, -0.05) is 0 Å². The fourth-order valence-electron chi connectivity index (χ4n) is 1.44. The van der Waals surface area contributed by atoms with Gasteiger partial charge < -0.3 is 11.1 Å². The van der Waals surface area contributed by atoms with E-state index in [4.69, 9.17) is 5.73 Å². The number of hydrogen-bond donors (Lipinski definition) is 2. The van der Waals surface area contributed by atoms with E-state index in [0.29, 0.717) is 5.95 Å². The summed E-state index contributed by atoms with van der Waals surface area (Å²) in [6, 6.07) is 7.36. The first kappa shape index (κ1) is 10.2. The molecule has 0 aliphatic heterocycles. The predicted octanol–water partition coefficient (Wildman–Crippen LogP) is 1.41. The Labute approximate surface area is 92.9 Å². The minimum atomic E-state index is -0.0881. The molecule has 0 fully saturated rings. The number of anilines is 2. The van der Waals surface area contributed by atoms with Gasteiger partial charge in [-0.05, 0) is 24.3 Å². The number of nitrogens with zero attached hydrogens (tertiary/aromatic N) is 2. The maximum absolute atomic E-state index is 10.8. The van der Waals surface area contributed by atoms with E-state index in [1.807, 2.05) is 24.3 Å². The first-order valence-electron chi connectivity index (χ1n) is 4.83. The lowest BCUT2D eigenvalue weighted by Gasteiger charge is -2.06. The molecule has 0 spiro atoms. The lowest BCUT2D eigenvalue weighted by atomic mass is 10.2. The topological polar surface area (TPSA) is 72.9 Å². The summed E-state index contributed by atoms with van der Waals surface area (Å²) in [7, 11) is 0. The van der Waals surface area contributed by atoms with Crippen molar-refractivity contribution < 1.29 is 4.79 Å². The molecule has 1 aromatic heterocycles. The standard InChI is InChI=1S/C11H12N4O/c1-8(16)14-9-2-4-10(5-3-9)15-7-6-13-11(15)12/h2-7H,1H3,(H2,12,13)(H,14,16). The Balaban J connectivity index is 2.26. The molecule has 1 aromatic carbocycles. The van der Waals surface area contributed by atoms with Crippen LogP contribution in [-0.2, 0) is 4.79 Å². The highest BCUT2D eigenvalue weighted by molar-refractivity contribution is 5.88.